The van der Waals surface area contributed by atoms with Crippen molar-refractivity contribution >= 4 is 17.7 Å². The van der Waals surface area contributed by atoms with Crippen molar-refractivity contribution in [1.29, 1.82) is 0 Å². The van der Waals surface area contributed by atoms with E-state index in [1.165, 1.54) is 0 Å². The number of nitrogens with one attached hydrogen (secondary N) is 2. The zero-order valence-corrected chi connectivity index (χ0v) is 20.8. The van der Waals surface area contributed by atoms with Crippen LogP contribution in [0.15, 0.2) is 42.5 Å². The van der Waals surface area contributed by atoms with Crippen molar-refractivity contribution in [2.24, 2.45) is 0 Å². The fraction of sp³-hybridized carbons (Fsp3) is 0.444. The molecule has 0 bridgehead atoms. The predicted octanol–water partition coefficient (Wildman–Crippen LogP) is 5.00. The summed E-state index contributed by atoms with van der Waals surface area (Å²) in [6, 6.07) is 8.42. The molecule has 6 nitrogen and oxygen atoms in total. The van der Waals surface area contributed by atoms with Gasteiger partial charge in [-0.25, -0.2) is 4.39 Å². The quantitative estimate of drug-likeness (QED) is 0.528. The van der Waals surface area contributed by atoms with Crippen molar-refractivity contribution in [2.45, 2.75) is 76.3 Å². The summed E-state index contributed by atoms with van der Waals surface area (Å²) < 4.78 is 52.7. The molecule has 37 heavy (non-hydrogen) atoms. The largest absolute Gasteiger partial charge is 0.416 e. The summed E-state index contributed by atoms with van der Waals surface area (Å²) in [6.07, 6.45) is -2.27. The highest BCUT2D eigenvalue weighted by Gasteiger charge is 2.51. The average molecular weight is 520 g/mol. The Balaban J connectivity index is 1.40. The standard InChI is InChI=1S/C27H29F4N3O3/c1-15-4-5-16(2)34(15)24(36)19-8-6-18(7-9-19)17(3)32-25(37)26(10-11-26)33-23(35)20-12-21(27(29,30)31)14-22(28)13-20/h6-9,12-17H,4-5,10-11H2,1-3H3,(H,32,37)(H,33,35)/t15?,16?,17-/m1/s1. The lowest BCUT2D eigenvalue weighted by atomic mass is 10.0. The lowest BCUT2D eigenvalue weighted by Gasteiger charge is -2.26. The molecule has 2 aromatic rings. The van der Waals surface area contributed by atoms with Gasteiger partial charge in [0.15, 0.2) is 0 Å². The van der Waals surface area contributed by atoms with Gasteiger partial charge in [0.05, 0.1) is 11.6 Å². The predicted molar refractivity (Wildman–Crippen MR) is 128 cm³/mol. The SMILES string of the molecule is CC1CCC(C)N1C(=O)c1ccc([C@@H](C)NC(=O)C2(NC(=O)c3cc(F)cc(C(F)(F)F)c3)CC2)cc1. The number of rotatable bonds is 6. The van der Waals surface area contributed by atoms with Crippen LogP contribution in [0.25, 0.3) is 0 Å². The van der Waals surface area contributed by atoms with Crippen LogP contribution in [-0.4, -0.2) is 40.2 Å². The van der Waals surface area contributed by atoms with Crippen molar-refractivity contribution in [3.8, 4) is 0 Å². The van der Waals surface area contributed by atoms with Gasteiger partial charge in [-0.15, -0.1) is 0 Å². The molecular formula is C27H29F4N3O3. The minimum atomic E-state index is -4.81. The fourth-order valence-corrected chi connectivity index (χ4v) is 4.78. The number of carbonyl (C=O) groups is 3. The molecule has 0 aromatic heterocycles. The van der Waals surface area contributed by atoms with Crippen molar-refractivity contribution in [2.75, 3.05) is 0 Å². The molecule has 2 N–H and O–H groups in total. The van der Waals surface area contributed by atoms with Gasteiger partial charge in [-0.05, 0) is 82.3 Å². The van der Waals surface area contributed by atoms with Gasteiger partial charge >= 0.3 is 6.18 Å². The van der Waals surface area contributed by atoms with Gasteiger partial charge in [0.25, 0.3) is 11.8 Å². The van der Waals surface area contributed by atoms with E-state index in [2.05, 4.69) is 10.6 Å². The number of hydrogen-bond donors (Lipinski definition) is 2. The average Bonchev–Trinajstić information content (AvgIpc) is 3.54. The summed E-state index contributed by atoms with van der Waals surface area (Å²) in [5.41, 5.74) is -1.76. The third kappa shape index (κ3) is 5.62. The van der Waals surface area contributed by atoms with E-state index in [-0.39, 0.29) is 18.0 Å². The van der Waals surface area contributed by atoms with Gasteiger partial charge in [0.1, 0.15) is 11.4 Å². The molecule has 1 aliphatic heterocycles. The molecule has 2 aromatic carbocycles. The third-order valence-corrected chi connectivity index (χ3v) is 7.22. The van der Waals surface area contributed by atoms with Crippen LogP contribution in [0, 0.1) is 5.82 Å². The van der Waals surface area contributed by atoms with Gasteiger partial charge < -0.3 is 15.5 Å². The summed E-state index contributed by atoms with van der Waals surface area (Å²) in [6.45, 7) is 5.81. The first kappa shape index (κ1) is 26.6. The van der Waals surface area contributed by atoms with E-state index in [0.29, 0.717) is 36.6 Å². The Bertz CT molecular complexity index is 1200. The van der Waals surface area contributed by atoms with Crippen LogP contribution >= 0.6 is 0 Å². The summed E-state index contributed by atoms with van der Waals surface area (Å²) in [5, 5.41) is 5.29. The van der Waals surface area contributed by atoms with Gasteiger partial charge in [0.2, 0.25) is 5.91 Å². The highest BCUT2D eigenvalue weighted by atomic mass is 19.4. The summed E-state index contributed by atoms with van der Waals surface area (Å²) in [4.78, 5) is 40.3. The smallest absolute Gasteiger partial charge is 0.348 e. The van der Waals surface area contributed by atoms with Crippen LogP contribution in [0.4, 0.5) is 17.6 Å². The first-order valence-corrected chi connectivity index (χ1v) is 12.2. The summed E-state index contributed by atoms with van der Waals surface area (Å²) in [7, 11) is 0. The molecule has 2 fully saturated rings. The maximum absolute atomic E-state index is 13.7. The second-order valence-electron chi connectivity index (χ2n) is 10.1. The first-order chi connectivity index (χ1) is 17.3. The van der Waals surface area contributed by atoms with Crippen LogP contribution < -0.4 is 10.6 Å². The number of benzene rings is 2. The van der Waals surface area contributed by atoms with Gasteiger partial charge in [-0.2, -0.15) is 13.2 Å². The highest BCUT2D eigenvalue weighted by molar-refractivity contribution is 6.01. The van der Waals surface area contributed by atoms with E-state index >= 15 is 0 Å². The zero-order chi connectivity index (χ0) is 27.1. The molecule has 1 saturated carbocycles. The summed E-state index contributed by atoms with van der Waals surface area (Å²) in [5.74, 6) is -2.68. The zero-order valence-electron chi connectivity index (χ0n) is 20.8. The van der Waals surface area contributed by atoms with Gasteiger partial charge in [0, 0.05) is 23.2 Å². The lowest BCUT2D eigenvalue weighted by molar-refractivity contribution is -0.137. The number of likely N-dealkylation sites (tertiary alicyclic amines) is 1. The monoisotopic (exact) mass is 519 g/mol. The van der Waals surface area contributed by atoms with Crippen LogP contribution in [0.5, 0.6) is 0 Å². The molecule has 10 heteroatoms. The lowest BCUT2D eigenvalue weighted by Crippen LogP contribution is -2.49. The molecule has 0 radical (unpaired) electrons. The van der Waals surface area contributed by atoms with Gasteiger partial charge in [-0.1, -0.05) is 12.1 Å². The third-order valence-electron chi connectivity index (χ3n) is 7.22. The minimum Gasteiger partial charge on any atom is -0.348 e. The molecule has 2 aliphatic rings. The van der Waals surface area contributed by atoms with E-state index in [9.17, 15) is 31.9 Å². The fourth-order valence-electron chi connectivity index (χ4n) is 4.78. The summed E-state index contributed by atoms with van der Waals surface area (Å²) >= 11 is 0. The number of alkyl halides is 3. The number of hydrogen-bond acceptors (Lipinski definition) is 3. The minimum absolute atomic E-state index is 0.0357. The molecule has 2 unspecified atom stereocenters. The number of carbonyl (C=O) groups excluding carboxylic acids is 3. The molecule has 0 spiro atoms. The maximum atomic E-state index is 13.7. The van der Waals surface area contributed by atoms with E-state index in [1.807, 2.05) is 18.7 Å². The van der Waals surface area contributed by atoms with Crippen LogP contribution in [-0.2, 0) is 11.0 Å². The second kappa shape index (κ2) is 9.79. The molecule has 1 aliphatic carbocycles. The molecule has 3 atom stereocenters. The van der Waals surface area contributed by atoms with Crippen molar-refractivity contribution in [1.82, 2.24) is 15.5 Å². The molecular weight excluding hydrogens is 490 g/mol. The number of nitrogens with zero attached hydrogens (tertiary/aromatic N) is 1. The topological polar surface area (TPSA) is 78.5 Å². The van der Waals surface area contributed by atoms with Crippen molar-refractivity contribution < 1.29 is 31.9 Å². The van der Waals surface area contributed by atoms with Gasteiger partial charge in [-0.3, -0.25) is 14.4 Å². The Morgan fingerprint density at radius 3 is 2.11 bits per heavy atom. The Morgan fingerprint density at radius 1 is 0.973 bits per heavy atom. The second-order valence-corrected chi connectivity index (χ2v) is 10.1. The Hall–Kier alpha value is -3.43. The van der Waals surface area contributed by atoms with Crippen LogP contribution in [0.1, 0.15) is 84.3 Å². The van der Waals surface area contributed by atoms with E-state index in [0.717, 1.165) is 18.4 Å². The van der Waals surface area contributed by atoms with E-state index in [4.69, 9.17) is 0 Å². The normalized spacial score (nSPS) is 21.3. The number of amides is 3. The Kier molecular flexibility index (Phi) is 7.05. The highest BCUT2D eigenvalue weighted by Crippen LogP contribution is 2.37. The number of halogens is 4. The Labute approximate surface area is 212 Å². The van der Waals surface area contributed by atoms with E-state index < -0.39 is 46.5 Å². The van der Waals surface area contributed by atoms with Crippen LogP contribution in [0.3, 0.4) is 0 Å². The van der Waals surface area contributed by atoms with Crippen molar-refractivity contribution in [3.05, 3.63) is 70.5 Å². The molecule has 1 saturated heterocycles. The molecule has 198 valence electrons. The molecule has 1 heterocycles. The van der Waals surface area contributed by atoms with E-state index in [1.54, 1.807) is 31.2 Å². The van der Waals surface area contributed by atoms with Crippen LogP contribution in [0.2, 0.25) is 0 Å². The maximum Gasteiger partial charge on any atom is 0.416 e. The Morgan fingerprint density at radius 2 is 1.57 bits per heavy atom. The molecule has 4 rings (SSSR count). The first-order valence-electron chi connectivity index (χ1n) is 12.2. The van der Waals surface area contributed by atoms with Crippen molar-refractivity contribution in [3.63, 3.8) is 0 Å². The molecule has 3 amide bonds.